The first-order valence-corrected chi connectivity index (χ1v) is 7.96. The molecular formula is C12H12ClNO2S2. The fraction of sp³-hybridized carbons (Fsp3) is 0.167. The number of benzene rings is 1. The van der Waals surface area contributed by atoms with Gasteiger partial charge in [-0.2, -0.15) is 0 Å². The van der Waals surface area contributed by atoms with Gasteiger partial charge in [0.05, 0.1) is 4.34 Å². The maximum atomic E-state index is 12.0. The molecule has 0 amide bonds. The van der Waals surface area contributed by atoms with Crippen LogP contribution in [0.3, 0.4) is 0 Å². The van der Waals surface area contributed by atoms with Gasteiger partial charge >= 0.3 is 0 Å². The first-order chi connectivity index (χ1) is 8.49. The zero-order chi connectivity index (χ0) is 13.2. The van der Waals surface area contributed by atoms with Crippen molar-refractivity contribution in [3.63, 3.8) is 0 Å². The topological polar surface area (TPSA) is 46.2 Å². The van der Waals surface area contributed by atoms with E-state index in [0.29, 0.717) is 4.34 Å². The Morgan fingerprint density at radius 3 is 2.56 bits per heavy atom. The molecule has 0 bridgehead atoms. The van der Waals surface area contributed by atoms with Gasteiger partial charge in [0.15, 0.2) is 0 Å². The molecule has 1 aromatic carbocycles. The number of aryl methyl sites for hydroxylation is 1. The van der Waals surface area contributed by atoms with E-state index in [1.807, 2.05) is 31.2 Å². The van der Waals surface area contributed by atoms with E-state index in [9.17, 15) is 8.42 Å². The molecule has 96 valence electrons. The summed E-state index contributed by atoms with van der Waals surface area (Å²) >= 11 is 6.78. The summed E-state index contributed by atoms with van der Waals surface area (Å²) in [6.07, 6.45) is 0. The molecule has 0 radical (unpaired) electrons. The van der Waals surface area contributed by atoms with Crippen LogP contribution >= 0.6 is 22.9 Å². The lowest BCUT2D eigenvalue weighted by molar-refractivity contribution is 0.583. The van der Waals surface area contributed by atoms with Crippen LogP contribution < -0.4 is 4.72 Å². The maximum absolute atomic E-state index is 12.0. The first kappa shape index (κ1) is 13.5. The molecule has 0 atom stereocenters. The van der Waals surface area contributed by atoms with Gasteiger partial charge in [-0.15, -0.1) is 11.3 Å². The van der Waals surface area contributed by atoms with E-state index in [2.05, 4.69) is 4.72 Å². The standard InChI is InChI=1S/C12H12ClNO2S2/c1-9-4-2-3-5-10(9)8-14-18(15,16)12-7-6-11(13)17-12/h2-7,14H,8H2,1H3. The van der Waals surface area contributed by atoms with Crippen molar-refractivity contribution in [2.75, 3.05) is 0 Å². The molecule has 2 rings (SSSR count). The largest absolute Gasteiger partial charge is 0.250 e. The van der Waals surface area contributed by atoms with Crippen LogP contribution in [-0.4, -0.2) is 8.42 Å². The smallest absolute Gasteiger partial charge is 0.206 e. The quantitative estimate of drug-likeness (QED) is 0.942. The fourth-order valence-electron chi connectivity index (χ4n) is 1.49. The van der Waals surface area contributed by atoms with Crippen LogP contribution in [0.4, 0.5) is 0 Å². The van der Waals surface area contributed by atoms with Crippen LogP contribution in [0.1, 0.15) is 11.1 Å². The molecule has 0 aliphatic rings. The van der Waals surface area contributed by atoms with Gasteiger partial charge in [0.2, 0.25) is 10.0 Å². The van der Waals surface area contributed by atoms with Crippen LogP contribution in [0.25, 0.3) is 0 Å². The Morgan fingerprint density at radius 1 is 1.22 bits per heavy atom. The summed E-state index contributed by atoms with van der Waals surface area (Å²) in [4.78, 5) is 0. The summed E-state index contributed by atoms with van der Waals surface area (Å²) in [5.41, 5.74) is 2.02. The third-order valence-corrected chi connectivity index (χ3v) is 5.65. The Balaban J connectivity index is 2.13. The zero-order valence-electron chi connectivity index (χ0n) is 9.68. The third-order valence-electron chi connectivity index (χ3n) is 2.53. The van der Waals surface area contributed by atoms with Crippen LogP contribution in [0, 0.1) is 6.92 Å². The highest BCUT2D eigenvalue weighted by molar-refractivity contribution is 7.91. The summed E-state index contributed by atoms with van der Waals surface area (Å²) in [7, 11) is -3.47. The van der Waals surface area contributed by atoms with E-state index < -0.39 is 10.0 Å². The van der Waals surface area contributed by atoms with Crippen molar-refractivity contribution in [1.29, 1.82) is 0 Å². The molecule has 6 heteroatoms. The molecule has 0 fully saturated rings. The lowest BCUT2D eigenvalue weighted by Crippen LogP contribution is -2.22. The summed E-state index contributed by atoms with van der Waals surface area (Å²) in [5, 5.41) is 0. The number of rotatable bonds is 4. The third kappa shape index (κ3) is 3.11. The van der Waals surface area contributed by atoms with Crippen molar-refractivity contribution >= 4 is 33.0 Å². The molecule has 0 unspecified atom stereocenters. The predicted molar refractivity (Wildman–Crippen MR) is 74.5 cm³/mol. The number of halogens is 1. The average Bonchev–Trinajstić information content (AvgIpc) is 2.76. The van der Waals surface area contributed by atoms with E-state index in [1.54, 1.807) is 6.07 Å². The van der Waals surface area contributed by atoms with Gasteiger partial charge in [-0.1, -0.05) is 35.9 Å². The molecule has 0 saturated heterocycles. The van der Waals surface area contributed by atoms with Crippen molar-refractivity contribution in [3.05, 3.63) is 51.9 Å². The molecule has 0 aliphatic carbocycles. The van der Waals surface area contributed by atoms with E-state index in [4.69, 9.17) is 11.6 Å². The number of hydrogen-bond donors (Lipinski definition) is 1. The predicted octanol–water partition coefficient (Wildman–Crippen LogP) is 3.19. The fourth-order valence-corrected chi connectivity index (χ4v) is 4.03. The summed E-state index contributed by atoms with van der Waals surface area (Å²) in [6.45, 7) is 2.23. The van der Waals surface area contributed by atoms with Gasteiger partial charge < -0.3 is 0 Å². The monoisotopic (exact) mass is 301 g/mol. The van der Waals surface area contributed by atoms with Crippen molar-refractivity contribution in [2.24, 2.45) is 0 Å². The second-order valence-corrected chi connectivity index (χ2v) is 7.52. The second kappa shape index (κ2) is 5.40. The molecule has 0 saturated carbocycles. The Morgan fingerprint density at radius 2 is 1.94 bits per heavy atom. The molecule has 0 spiro atoms. The lowest BCUT2D eigenvalue weighted by Gasteiger charge is -2.07. The average molecular weight is 302 g/mol. The van der Waals surface area contributed by atoms with Crippen molar-refractivity contribution in [2.45, 2.75) is 17.7 Å². The Hall–Kier alpha value is -0.880. The van der Waals surface area contributed by atoms with Gasteiger partial charge in [0.1, 0.15) is 4.21 Å². The molecule has 1 aromatic heterocycles. The van der Waals surface area contributed by atoms with Gasteiger partial charge in [-0.05, 0) is 30.2 Å². The summed E-state index contributed by atoms with van der Waals surface area (Å²) in [5.74, 6) is 0. The molecule has 1 N–H and O–H groups in total. The molecule has 2 aromatic rings. The van der Waals surface area contributed by atoms with Crippen LogP contribution in [0.15, 0.2) is 40.6 Å². The molecule has 0 aliphatic heterocycles. The Kier molecular flexibility index (Phi) is 4.07. The molecule has 18 heavy (non-hydrogen) atoms. The van der Waals surface area contributed by atoms with Crippen LogP contribution in [0.2, 0.25) is 4.34 Å². The second-order valence-electron chi connectivity index (χ2n) is 3.81. The van der Waals surface area contributed by atoms with Crippen LogP contribution in [-0.2, 0) is 16.6 Å². The molecule has 3 nitrogen and oxygen atoms in total. The van der Waals surface area contributed by atoms with Crippen molar-refractivity contribution in [1.82, 2.24) is 4.72 Å². The van der Waals surface area contributed by atoms with E-state index >= 15 is 0 Å². The highest BCUT2D eigenvalue weighted by Gasteiger charge is 2.16. The summed E-state index contributed by atoms with van der Waals surface area (Å²) in [6, 6.07) is 10.7. The van der Waals surface area contributed by atoms with Gasteiger partial charge in [0, 0.05) is 6.54 Å². The van der Waals surface area contributed by atoms with Gasteiger partial charge in [0.25, 0.3) is 0 Å². The molecule has 1 heterocycles. The highest BCUT2D eigenvalue weighted by atomic mass is 35.5. The normalized spacial score (nSPS) is 11.7. The lowest BCUT2D eigenvalue weighted by atomic mass is 10.1. The Bertz CT molecular complexity index is 650. The number of sulfonamides is 1. The Labute approximate surface area is 115 Å². The highest BCUT2D eigenvalue weighted by Crippen LogP contribution is 2.25. The molecular weight excluding hydrogens is 290 g/mol. The van der Waals surface area contributed by atoms with Crippen molar-refractivity contribution < 1.29 is 8.42 Å². The van der Waals surface area contributed by atoms with Crippen LogP contribution in [0.5, 0.6) is 0 Å². The van der Waals surface area contributed by atoms with Gasteiger partial charge in [-0.25, -0.2) is 13.1 Å². The first-order valence-electron chi connectivity index (χ1n) is 5.28. The minimum atomic E-state index is -3.47. The van der Waals surface area contributed by atoms with E-state index in [0.717, 1.165) is 22.5 Å². The number of thiophene rings is 1. The minimum Gasteiger partial charge on any atom is -0.206 e. The SMILES string of the molecule is Cc1ccccc1CNS(=O)(=O)c1ccc(Cl)s1. The van der Waals surface area contributed by atoms with E-state index in [-0.39, 0.29) is 10.8 Å². The minimum absolute atomic E-state index is 0.237. The number of nitrogens with one attached hydrogen (secondary N) is 1. The van der Waals surface area contributed by atoms with Crippen molar-refractivity contribution in [3.8, 4) is 0 Å². The van der Waals surface area contributed by atoms with Gasteiger partial charge in [-0.3, -0.25) is 0 Å². The zero-order valence-corrected chi connectivity index (χ0v) is 12.1. The number of hydrogen-bond acceptors (Lipinski definition) is 3. The maximum Gasteiger partial charge on any atom is 0.250 e. The van der Waals surface area contributed by atoms with E-state index in [1.165, 1.54) is 6.07 Å². The summed E-state index contributed by atoms with van der Waals surface area (Å²) < 4.78 is 27.2.